The highest BCUT2D eigenvalue weighted by Crippen LogP contribution is 2.32. The number of benzene rings is 1. The normalized spacial score (nSPS) is 10.2. The first-order chi connectivity index (χ1) is 12.4. The number of unbranched alkanes of at least 4 members (excludes halogenated alkanes) is 3. The topological polar surface area (TPSA) is 40.0 Å². The fourth-order valence-corrected chi connectivity index (χ4v) is 2.18. The van der Waals surface area contributed by atoms with E-state index in [0.717, 1.165) is 37.5 Å². The molecule has 0 aliphatic carbocycles. The molecule has 0 fully saturated rings. The van der Waals surface area contributed by atoms with E-state index in [4.69, 9.17) is 25.9 Å². The molecule has 0 heterocycles. The maximum Gasteiger partial charge on any atom is 0.269 e. The molecule has 1 aromatic carbocycles. The lowest BCUT2D eigenvalue weighted by atomic mass is 10.2. The highest BCUT2D eigenvalue weighted by Gasteiger charge is 2.12. The second-order valence-electron chi connectivity index (χ2n) is 5.66. The molecule has 0 aromatic heterocycles. The van der Waals surface area contributed by atoms with Crippen LogP contribution in [0.5, 0.6) is 11.5 Å². The second-order valence-corrected chi connectivity index (χ2v) is 6.06. The minimum Gasteiger partial charge on any atom is -0.489 e. The number of nitrogens with zero attached hydrogens (tertiary/aromatic N) is 1. The van der Waals surface area contributed by atoms with E-state index < -0.39 is 11.9 Å². The minimum absolute atomic E-state index is 0.0332. The van der Waals surface area contributed by atoms with Gasteiger partial charge in [-0.05, 0) is 39.5 Å². The van der Waals surface area contributed by atoms with Gasteiger partial charge in [-0.15, -0.1) is 0 Å². The molecule has 8 heteroatoms. The largest absolute Gasteiger partial charge is 0.489 e. The molecule has 26 heavy (non-hydrogen) atoms. The van der Waals surface area contributed by atoms with E-state index in [1.165, 1.54) is 6.07 Å². The predicted molar refractivity (Wildman–Crippen MR) is 95.9 cm³/mol. The number of hydrogen-bond donors (Lipinski definition) is 0. The fourth-order valence-electron chi connectivity index (χ4n) is 1.93. The summed E-state index contributed by atoms with van der Waals surface area (Å²) < 4.78 is 48.2. The Morgan fingerprint density at radius 3 is 2.38 bits per heavy atom. The van der Waals surface area contributed by atoms with Crippen LogP contribution in [0, 0.1) is 5.82 Å². The van der Waals surface area contributed by atoms with Gasteiger partial charge in [-0.3, -0.25) is 0 Å². The molecule has 0 bridgehead atoms. The van der Waals surface area contributed by atoms with E-state index in [-0.39, 0.29) is 23.1 Å². The summed E-state index contributed by atoms with van der Waals surface area (Å²) >= 11 is 5.96. The molecule has 0 unspecified atom stereocenters. The van der Waals surface area contributed by atoms with Gasteiger partial charge in [0.25, 0.3) is 6.08 Å². The molecule has 0 aliphatic rings. The molecular formula is C18H23ClF3NO3. The Labute approximate surface area is 156 Å². The standard InChI is InChI=1S/C18H23ClF3NO3/c1-13(2)23-26-9-6-4-3-5-8-25-18-15(19)11-14(12-16(18)20)24-10-7-17(21)22/h7,11-12H,3-6,8-10H2,1-2H3. The number of hydrogen-bond acceptors (Lipinski definition) is 4. The number of ether oxygens (including phenoxy) is 2. The molecule has 0 N–H and O–H groups in total. The Balaban J connectivity index is 2.30. The summed E-state index contributed by atoms with van der Waals surface area (Å²) in [6.07, 6.45) is 2.19. The van der Waals surface area contributed by atoms with Crippen molar-refractivity contribution in [3.63, 3.8) is 0 Å². The van der Waals surface area contributed by atoms with Crippen molar-refractivity contribution in [3.05, 3.63) is 35.1 Å². The van der Waals surface area contributed by atoms with Crippen LogP contribution in [0.4, 0.5) is 13.2 Å². The van der Waals surface area contributed by atoms with Crippen LogP contribution in [0.2, 0.25) is 5.02 Å². The van der Waals surface area contributed by atoms with Gasteiger partial charge in [0.15, 0.2) is 11.6 Å². The number of oxime groups is 1. The van der Waals surface area contributed by atoms with Crippen LogP contribution >= 0.6 is 11.6 Å². The van der Waals surface area contributed by atoms with Crippen LogP contribution in [0.15, 0.2) is 29.4 Å². The highest BCUT2D eigenvalue weighted by molar-refractivity contribution is 6.32. The SMILES string of the molecule is CC(C)=NOCCCCCCOc1c(F)cc(OCC=C(F)F)cc1Cl. The molecule has 146 valence electrons. The first-order valence-electron chi connectivity index (χ1n) is 8.29. The Morgan fingerprint density at radius 2 is 1.77 bits per heavy atom. The average molecular weight is 394 g/mol. The van der Waals surface area contributed by atoms with E-state index in [9.17, 15) is 13.2 Å². The third-order valence-electron chi connectivity index (χ3n) is 3.08. The Bertz CT molecular complexity index is 593. The highest BCUT2D eigenvalue weighted by atomic mass is 35.5. The lowest BCUT2D eigenvalue weighted by Crippen LogP contribution is -2.02. The molecular weight excluding hydrogens is 371 g/mol. The third-order valence-corrected chi connectivity index (χ3v) is 3.36. The van der Waals surface area contributed by atoms with E-state index in [2.05, 4.69) is 5.16 Å². The fraction of sp³-hybridized carbons (Fsp3) is 0.500. The van der Waals surface area contributed by atoms with Gasteiger partial charge in [-0.2, -0.15) is 8.78 Å². The summed E-state index contributed by atoms with van der Waals surface area (Å²) in [6.45, 7) is 4.24. The van der Waals surface area contributed by atoms with Crippen molar-refractivity contribution in [2.75, 3.05) is 19.8 Å². The molecule has 0 radical (unpaired) electrons. The summed E-state index contributed by atoms with van der Waals surface area (Å²) in [5.74, 6) is -0.706. The third kappa shape index (κ3) is 9.56. The van der Waals surface area contributed by atoms with Crippen LogP contribution in [-0.4, -0.2) is 25.5 Å². The van der Waals surface area contributed by atoms with Crippen molar-refractivity contribution in [1.82, 2.24) is 0 Å². The first kappa shape index (κ1) is 22.2. The quantitative estimate of drug-likeness (QED) is 0.249. The number of rotatable bonds is 12. The van der Waals surface area contributed by atoms with Gasteiger partial charge >= 0.3 is 0 Å². The van der Waals surface area contributed by atoms with Crippen molar-refractivity contribution in [2.45, 2.75) is 39.5 Å². The molecule has 1 aromatic rings. The Hall–Kier alpha value is -1.89. The molecule has 1 rings (SSSR count). The lowest BCUT2D eigenvalue weighted by molar-refractivity contribution is 0.139. The van der Waals surface area contributed by atoms with Crippen molar-refractivity contribution < 1.29 is 27.5 Å². The minimum atomic E-state index is -1.86. The Morgan fingerprint density at radius 1 is 1.08 bits per heavy atom. The molecule has 0 saturated heterocycles. The maximum absolute atomic E-state index is 14.0. The van der Waals surface area contributed by atoms with Crippen molar-refractivity contribution in [2.24, 2.45) is 5.16 Å². The van der Waals surface area contributed by atoms with Gasteiger partial charge in [0.05, 0.1) is 17.3 Å². The first-order valence-corrected chi connectivity index (χ1v) is 8.67. The maximum atomic E-state index is 14.0. The summed E-state index contributed by atoms with van der Waals surface area (Å²) in [5.41, 5.74) is 0.875. The smallest absolute Gasteiger partial charge is 0.269 e. The van der Waals surface area contributed by atoms with Crippen molar-refractivity contribution >= 4 is 17.3 Å². The van der Waals surface area contributed by atoms with Crippen LogP contribution in [-0.2, 0) is 4.84 Å². The Kier molecular flexibility index (Phi) is 10.6. The van der Waals surface area contributed by atoms with Gasteiger partial charge in [0.1, 0.15) is 19.0 Å². The van der Waals surface area contributed by atoms with Gasteiger partial charge < -0.3 is 14.3 Å². The average Bonchev–Trinajstić information content (AvgIpc) is 2.54. The molecule has 4 nitrogen and oxygen atoms in total. The zero-order valence-corrected chi connectivity index (χ0v) is 15.6. The van der Waals surface area contributed by atoms with Crippen molar-refractivity contribution in [1.29, 1.82) is 0 Å². The number of halogens is 4. The van der Waals surface area contributed by atoms with Crippen molar-refractivity contribution in [3.8, 4) is 11.5 Å². The van der Waals surface area contributed by atoms with Gasteiger partial charge in [0, 0.05) is 18.2 Å². The summed E-state index contributed by atoms with van der Waals surface area (Å²) in [7, 11) is 0. The molecule has 0 atom stereocenters. The zero-order chi connectivity index (χ0) is 19.4. The zero-order valence-electron chi connectivity index (χ0n) is 14.9. The molecule has 0 saturated carbocycles. The summed E-state index contributed by atoms with van der Waals surface area (Å²) in [4.78, 5) is 5.09. The van der Waals surface area contributed by atoms with E-state index in [1.807, 2.05) is 13.8 Å². The van der Waals surface area contributed by atoms with E-state index in [0.29, 0.717) is 19.3 Å². The van der Waals surface area contributed by atoms with Crippen LogP contribution < -0.4 is 9.47 Å². The summed E-state index contributed by atoms with van der Waals surface area (Å²) in [6, 6.07) is 2.39. The van der Waals surface area contributed by atoms with E-state index >= 15 is 0 Å². The summed E-state index contributed by atoms with van der Waals surface area (Å²) in [5, 5.41) is 3.87. The molecule has 0 aliphatic heterocycles. The molecule has 0 amide bonds. The molecule has 0 spiro atoms. The van der Waals surface area contributed by atoms with Crippen LogP contribution in [0.25, 0.3) is 0 Å². The van der Waals surface area contributed by atoms with Gasteiger partial charge in [-0.25, -0.2) is 4.39 Å². The lowest BCUT2D eigenvalue weighted by Gasteiger charge is -2.11. The monoisotopic (exact) mass is 393 g/mol. The van der Waals surface area contributed by atoms with Gasteiger partial charge in [0.2, 0.25) is 0 Å². The predicted octanol–water partition coefficient (Wildman–Crippen LogP) is 5.99. The van der Waals surface area contributed by atoms with E-state index in [1.54, 1.807) is 0 Å². The van der Waals surface area contributed by atoms with Crippen LogP contribution in [0.1, 0.15) is 39.5 Å². The van der Waals surface area contributed by atoms with Gasteiger partial charge in [-0.1, -0.05) is 16.8 Å². The second kappa shape index (κ2) is 12.5. The van der Waals surface area contributed by atoms with Crippen LogP contribution in [0.3, 0.4) is 0 Å².